The maximum atomic E-state index is 10.8. The van der Waals surface area contributed by atoms with Crippen molar-refractivity contribution in [1.82, 2.24) is 0 Å². The molecule has 14 heavy (non-hydrogen) atoms. The molecule has 0 spiro atoms. The first-order valence-corrected chi connectivity index (χ1v) is 4.46. The summed E-state index contributed by atoms with van der Waals surface area (Å²) in [5.41, 5.74) is 3.26. The lowest BCUT2D eigenvalue weighted by Gasteiger charge is -2.08. The average Bonchev–Trinajstić information content (AvgIpc) is 2.10. The number of carbonyl (C=O) groups excluding carboxylic acids is 1. The van der Waals surface area contributed by atoms with Crippen molar-refractivity contribution in [2.45, 2.75) is 20.8 Å². The lowest BCUT2D eigenvalue weighted by molar-refractivity contribution is -0.131. The fourth-order valence-electron chi connectivity index (χ4n) is 1.29. The molecular formula is C12H14O2. The third-order valence-electron chi connectivity index (χ3n) is 2.16. The van der Waals surface area contributed by atoms with E-state index < -0.39 is 0 Å². The molecule has 0 atom stereocenters. The summed E-state index contributed by atoms with van der Waals surface area (Å²) in [6.07, 6.45) is 1.76. The molecule has 0 saturated heterocycles. The van der Waals surface area contributed by atoms with Gasteiger partial charge in [0.15, 0.2) is 0 Å². The van der Waals surface area contributed by atoms with Gasteiger partial charge in [0.2, 0.25) is 0 Å². The van der Waals surface area contributed by atoms with Gasteiger partial charge in [-0.3, -0.25) is 4.79 Å². The Hall–Kier alpha value is -1.57. The van der Waals surface area contributed by atoms with Crippen molar-refractivity contribution in [3.63, 3.8) is 0 Å². The zero-order valence-corrected chi connectivity index (χ0v) is 8.76. The largest absolute Gasteiger partial charge is 0.427 e. The molecule has 0 bridgehead atoms. The zero-order valence-electron chi connectivity index (χ0n) is 8.76. The van der Waals surface area contributed by atoms with E-state index >= 15 is 0 Å². The van der Waals surface area contributed by atoms with Gasteiger partial charge < -0.3 is 4.74 Å². The van der Waals surface area contributed by atoms with Crippen LogP contribution >= 0.6 is 0 Å². The minimum absolute atomic E-state index is 0.303. The van der Waals surface area contributed by atoms with E-state index in [0.29, 0.717) is 5.75 Å². The van der Waals surface area contributed by atoms with Gasteiger partial charge in [-0.15, -0.1) is 0 Å². The Balaban J connectivity index is 3.15. The molecule has 0 aliphatic carbocycles. The van der Waals surface area contributed by atoms with E-state index in [1.165, 1.54) is 6.92 Å². The van der Waals surface area contributed by atoms with Gasteiger partial charge in [0.1, 0.15) is 5.75 Å². The molecule has 0 saturated carbocycles. The predicted octanol–water partition coefficient (Wildman–Crippen LogP) is 2.87. The minimum Gasteiger partial charge on any atom is -0.427 e. The second-order valence-electron chi connectivity index (χ2n) is 3.25. The number of rotatable bonds is 2. The number of ether oxygens (including phenoxy) is 1. The first-order valence-electron chi connectivity index (χ1n) is 4.46. The molecule has 1 rings (SSSR count). The molecule has 0 fully saturated rings. The molecule has 1 aromatic rings. The SMILES string of the molecule is C=Cc1cc(OC(C)=O)cc(C)c1C. The van der Waals surface area contributed by atoms with Crippen LogP contribution in [0.15, 0.2) is 18.7 Å². The minimum atomic E-state index is -0.303. The van der Waals surface area contributed by atoms with E-state index in [-0.39, 0.29) is 5.97 Å². The summed E-state index contributed by atoms with van der Waals surface area (Å²) in [7, 11) is 0. The molecule has 2 heteroatoms. The molecular weight excluding hydrogens is 176 g/mol. The summed E-state index contributed by atoms with van der Waals surface area (Å²) in [6, 6.07) is 3.67. The summed E-state index contributed by atoms with van der Waals surface area (Å²) in [5.74, 6) is 0.277. The number of benzene rings is 1. The van der Waals surface area contributed by atoms with E-state index in [4.69, 9.17) is 4.74 Å². The van der Waals surface area contributed by atoms with Crippen molar-refractivity contribution in [2.75, 3.05) is 0 Å². The highest BCUT2D eigenvalue weighted by atomic mass is 16.5. The second kappa shape index (κ2) is 4.09. The lowest BCUT2D eigenvalue weighted by Crippen LogP contribution is -2.02. The topological polar surface area (TPSA) is 26.3 Å². The molecule has 74 valence electrons. The highest BCUT2D eigenvalue weighted by Gasteiger charge is 2.04. The van der Waals surface area contributed by atoms with Gasteiger partial charge in [-0.25, -0.2) is 0 Å². The van der Waals surface area contributed by atoms with Crippen LogP contribution in [0, 0.1) is 13.8 Å². The van der Waals surface area contributed by atoms with Crippen LogP contribution < -0.4 is 4.74 Å². The van der Waals surface area contributed by atoms with Gasteiger partial charge in [0.25, 0.3) is 0 Å². The maximum absolute atomic E-state index is 10.8. The third-order valence-corrected chi connectivity index (χ3v) is 2.16. The standard InChI is InChI=1S/C12H14O2/c1-5-11-7-12(14-10(4)13)6-8(2)9(11)3/h5-7H,1H2,2-4H3. The Morgan fingerprint density at radius 2 is 2.07 bits per heavy atom. The van der Waals surface area contributed by atoms with E-state index in [1.54, 1.807) is 6.08 Å². The molecule has 0 unspecified atom stereocenters. The molecule has 2 nitrogen and oxygen atoms in total. The van der Waals surface area contributed by atoms with Gasteiger partial charge in [-0.05, 0) is 42.7 Å². The molecule has 0 aliphatic heterocycles. The van der Waals surface area contributed by atoms with Crippen LogP contribution in [0.25, 0.3) is 6.08 Å². The second-order valence-corrected chi connectivity index (χ2v) is 3.25. The van der Waals surface area contributed by atoms with Crippen LogP contribution in [0.5, 0.6) is 5.75 Å². The van der Waals surface area contributed by atoms with Gasteiger partial charge in [-0.1, -0.05) is 12.7 Å². The quantitative estimate of drug-likeness (QED) is 0.529. The Kier molecular flexibility index (Phi) is 3.07. The summed E-state index contributed by atoms with van der Waals surface area (Å²) in [6.45, 7) is 9.10. The number of aryl methyl sites for hydroxylation is 1. The number of hydrogen-bond acceptors (Lipinski definition) is 2. The Morgan fingerprint density at radius 1 is 1.43 bits per heavy atom. The Labute approximate surface area is 84.2 Å². The number of carbonyl (C=O) groups is 1. The van der Waals surface area contributed by atoms with Crippen LogP contribution in [0.4, 0.5) is 0 Å². The van der Waals surface area contributed by atoms with E-state index in [1.807, 2.05) is 26.0 Å². The molecule has 1 aromatic carbocycles. The molecule has 0 heterocycles. The summed E-state index contributed by atoms with van der Waals surface area (Å²) < 4.78 is 5.01. The zero-order chi connectivity index (χ0) is 10.7. The predicted molar refractivity (Wildman–Crippen MR) is 57.3 cm³/mol. The summed E-state index contributed by atoms with van der Waals surface area (Å²) >= 11 is 0. The Morgan fingerprint density at radius 3 is 2.57 bits per heavy atom. The molecule has 0 N–H and O–H groups in total. The van der Waals surface area contributed by atoms with Crippen molar-refractivity contribution in [1.29, 1.82) is 0 Å². The van der Waals surface area contributed by atoms with Crippen LogP contribution in [-0.4, -0.2) is 5.97 Å². The van der Waals surface area contributed by atoms with Crippen LogP contribution in [0.2, 0.25) is 0 Å². The summed E-state index contributed by atoms with van der Waals surface area (Å²) in [4.78, 5) is 10.8. The monoisotopic (exact) mass is 190 g/mol. The van der Waals surface area contributed by atoms with E-state index in [9.17, 15) is 4.79 Å². The van der Waals surface area contributed by atoms with Crippen LogP contribution in [0.1, 0.15) is 23.6 Å². The first kappa shape index (κ1) is 10.5. The molecule has 0 aliphatic rings. The summed E-state index contributed by atoms with van der Waals surface area (Å²) in [5, 5.41) is 0. The maximum Gasteiger partial charge on any atom is 0.308 e. The van der Waals surface area contributed by atoms with Crippen LogP contribution in [0.3, 0.4) is 0 Å². The fourth-order valence-corrected chi connectivity index (χ4v) is 1.29. The molecule has 0 aromatic heterocycles. The van der Waals surface area contributed by atoms with Crippen molar-refractivity contribution >= 4 is 12.0 Å². The highest BCUT2D eigenvalue weighted by Crippen LogP contribution is 2.22. The van der Waals surface area contributed by atoms with Crippen molar-refractivity contribution in [2.24, 2.45) is 0 Å². The molecule has 0 radical (unpaired) electrons. The number of esters is 1. The normalized spacial score (nSPS) is 9.64. The smallest absolute Gasteiger partial charge is 0.308 e. The van der Waals surface area contributed by atoms with Gasteiger partial charge in [0.05, 0.1) is 0 Å². The van der Waals surface area contributed by atoms with Gasteiger partial charge >= 0.3 is 5.97 Å². The van der Waals surface area contributed by atoms with Gasteiger partial charge in [-0.2, -0.15) is 0 Å². The van der Waals surface area contributed by atoms with Crippen molar-refractivity contribution in [3.8, 4) is 5.75 Å². The van der Waals surface area contributed by atoms with Gasteiger partial charge in [0, 0.05) is 6.92 Å². The Bertz CT molecular complexity index is 378. The highest BCUT2D eigenvalue weighted by molar-refractivity contribution is 5.70. The van der Waals surface area contributed by atoms with Crippen molar-refractivity contribution < 1.29 is 9.53 Å². The van der Waals surface area contributed by atoms with Crippen LogP contribution in [-0.2, 0) is 4.79 Å². The van der Waals surface area contributed by atoms with Crippen molar-refractivity contribution in [3.05, 3.63) is 35.4 Å². The lowest BCUT2D eigenvalue weighted by atomic mass is 10.0. The third kappa shape index (κ3) is 2.22. The first-order chi connectivity index (χ1) is 6.54. The number of hydrogen-bond donors (Lipinski definition) is 0. The van der Waals surface area contributed by atoms with E-state index in [0.717, 1.165) is 16.7 Å². The molecule has 0 amide bonds. The fraction of sp³-hybridized carbons (Fsp3) is 0.250. The average molecular weight is 190 g/mol. The van der Waals surface area contributed by atoms with E-state index in [2.05, 4.69) is 6.58 Å².